The molecule has 3 atom stereocenters. The Morgan fingerprint density at radius 2 is 2.46 bits per heavy atom. The van der Waals surface area contributed by atoms with E-state index in [9.17, 15) is 0 Å². The number of hydrogen-bond acceptors (Lipinski definition) is 2. The molecule has 3 unspecified atom stereocenters. The van der Waals surface area contributed by atoms with Crippen molar-refractivity contribution in [1.82, 2.24) is 0 Å². The molecule has 0 aromatic rings. The van der Waals surface area contributed by atoms with Crippen LogP contribution in [0, 0.1) is 22.7 Å². The third-order valence-electron chi connectivity index (χ3n) is 3.23. The number of methoxy groups -OCH3 is 1. The molecule has 1 fully saturated rings. The van der Waals surface area contributed by atoms with Crippen LogP contribution >= 0.6 is 11.6 Å². The molecule has 0 amide bonds. The maximum absolute atomic E-state index is 9.07. The van der Waals surface area contributed by atoms with Gasteiger partial charge < -0.3 is 4.74 Å². The fourth-order valence-electron chi connectivity index (χ4n) is 2.56. The molecule has 0 spiro atoms. The molecule has 2 aliphatic rings. The lowest BCUT2D eigenvalue weighted by Gasteiger charge is -2.33. The molecule has 0 heterocycles. The SMILES string of the molecule is COCC12C=CC(CC1(Cl)C#N)C2. The Hall–Kier alpha value is -0.520. The molecule has 0 aromatic heterocycles. The number of ether oxygens (including phenoxy) is 1. The van der Waals surface area contributed by atoms with Gasteiger partial charge >= 0.3 is 0 Å². The third-order valence-corrected chi connectivity index (χ3v) is 3.84. The number of hydrogen-bond donors (Lipinski definition) is 0. The Morgan fingerprint density at radius 3 is 3.00 bits per heavy atom. The van der Waals surface area contributed by atoms with Crippen molar-refractivity contribution in [3.63, 3.8) is 0 Å². The quantitative estimate of drug-likeness (QED) is 0.502. The average Bonchev–Trinajstić information content (AvgIpc) is 2.61. The topological polar surface area (TPSA) is 33.0 Å². The van der Waals surface area contributed by atoms with E-state index in [1.54, 1.807) is 7.11 Å². The van der Waals surface area contributed by atoms with Crippen LogP contribution in [0.2, 0.25) is 0 Å². The standard InChI is InChI=1S/C10H12ClNO/c1-13-7-9-3-2-8(4-9)5-10(9,11)6-12/h2-3,8H,4-5,7H2,1H3. The van der Waals surface area contributed by atoms with Crippen LogP contribution in [0.25, 0.3) is 0 Å². The van der Waals surface area contributed by atoms with Gasteiger partial charge in [-0.2, -0.15) is 5.26 Å². The molecule has 0 aliphatic heterocycles. The monoisotopic (exact) mass is 197 g/mol. The number of allylic oxidation sites excluding steroid dienone is 1. The number of alkyl halides is 1. The Kier molecular flexibility index (Phi) is 1.90. The molecule has 0 aromatic carbocycles. The normalized spacial score (nSPS) is 46.7. The predicted molar refractivity (Wildman–Crippen MR) is 50.4 cm³/mol. The van der Waals surface area contributed by atoms with Crippen LogP contribution in [0.15, 0.2) is 12.2 Å². The van der Waals surface area contributed by atoms with Crippen LogP contribution in [0.1, 0.15) is 12.8 Å². The summed E-state index contributed by atoms with van der Waals surface area (Å²) in [6, 6.07) is 2.23. The van der Waals surface area contributed by atoms with E-state index < -0.39 is 4.87 Å². The molecule has 0 N–H and O–H groups in total. The molecular formula is C10H12ClNO. The van der Waals surface area contributed by atoms with Gasteiger partial charge in [0, 0.05) is 12.5 Å². The van der Waals surface area contributed by atoms with Crippen molar-refractivity contribution in [2.24, 2.45) is 11.3 Å². The lowest BCUT2D eigenvalue weighted by molar-refractivity contribution is 0.108. The van der Waals surface area contributed by atoms with Crippen molar-refractivity contribution >= 4 is 11.6 Å². The van der Waals surface area contributed by atoms with E-state index >= 15 is 0 Å². The van der Waals surface area contributed by atoms with Gasteiger partial charge in [0.25, 0.3) is 0 Å². The van der Waals surface area contributed by atoms with Crippen LogP contribution in [0.3, 0.4) is 0 Å². The van der Waals surface area contributed by atoms with Crippen LogP contribution in [0.5, 0.6) is 0 Å². The molecule has 2 bridgehead atoms. The summed E-state index contributed by atoms with van der Waals surface area (Å²) in [6.07, 6.45) is 5.97. The van der Waals surface area contributed by atoms with Crippen molar-refractivity contribution in [3.05, 3.63) is 12.2 Å². The molecular weight excluding hydrogens is 186 g/mol. The van der Waals surface area contributed by atoms with Gasteiger partial charge in [0.1, 0.15) is 4.87 Å². The van der Waals surface area contributed by atoms with Gasteiger partial charge in [0.2, 0.25) is 0 Å². The van der Waals surface area contributed by atoms with Crippen LogP contribution in [0.4, 0.5) is 0 Å². The van der Waals surface area contributed by atoms with E-state index in [0.29, 0.717) is 12.5 Å². The van der Waals surface area contributed by atoms with Crippen molar-refractivity contribution in [1.29, 1.82) is 5.26 Å². The Bertz CT molecular complexity index is 296. The minimum Gasteiger partial charge on any atom is -0.384 e. The number of rotatable bonds is 2. The molecule has 2 nitrogen and oxygen atoms in total. The summed E-state index contributed by atoms with van der Waals surface area (Å²) in [5.41, 5.74) is -0.233. The molecule has 3 heteroatoms. The van der Waals surface area contributed by atoms with Gasteiger partial charge in [-0.3, -0.25) is 0 Å². The molecule has 70 valence electrons. The number of fused-ring (bicyclic) bond motifs is 2. The molecule has 2 rings (SSSR count). The lowest BCUT2D eigenvalue weighted by atomic mass is 9.79. The summed E-state index contributed by atoms with van der Waals surface area (Å²) in [5, 5.41) is 9.07. The fourth-order valence-corrected chi connectivity index (χ4v) is 2.95. The molecule has 0 radical (unpaired) electrons. The van der Waals surface area contributed by atoms with Gasteiger partial charge in [0.05, 0.1) is 12.7 Å². The van der Waals surface area contributed by atoms with E-state index in [1.165, 1.54) is 0 Å². The highest BCUT2D eigenvalue weighted by Gasteiger charge is 2.59. The highest BCUT2D eigenvalue weighted by molar-refractivity contribution is 6.27. The summed E-state index contributed by atoms with van der Waals surface area (Å²) in [4.78, 5) is -0.734. The highest BCUT2D eigenvalue weighted by Crippen LogP contribution is 2.58. The molecule has 2 aliphatic carbocycles. The Morgan fingerprint density at radius 1 is 1.69 bits per heavy atom. The lowest BCUT2D eigenvalue weighted by Crippen LogP contribution is -2.40. The van der Waals surface area contributed by atoms with Crippen LogP contribution in [-0.2, 0) is 4.74 Å². The Labute approximate surface area is 83.1 Å². The summed E-state index contributed by atoms with van der Waals surface area (Å²) in [7, 11) is 1.66. The zero-order chi connectivity index (χ0) is 9.53. The van der Waals surface area contributed by atoms with Gasteiger partial charge in [-0.1, -0.05) is 12.2 Å². The Balaban J connectivity index is 2.35. The predicted octanol–water partition coefficient (Wildman–Crippen LogP) is 2.10. The summed E-state index contributed by atoms with van der Waals surface area (Å²) < 4.78 is 5.16. The van der Waals surface area contributed by atoms with E-state index in [0.717, 1.165) is 12.8 Å². The van der Waals surface area contributed by atoms with Crippen LogP contribution < -0.4 is 0 Å². The maximum atomic E-state index is 9.07. The van der Waals surface area contributed by atoms with Crippen molar-refractivity contribution in [3.8, 4) is 6.07 Å². The first-order chi connectivity index (χ1) is 6.16. The number of halogens is 1. The third kappa shape index (κ3) is 1.04. The second-order valence-corrected chi connectivity index (χ2v) is 4.67. The second kappa shape index (κ2) is 2.73. The van der Waals surface area contributed by atoms with Crippen molar-refractivity contribution in [2.75, 3.05) is 13.7 Å². The van der Waals surface area contributed by atoms with E-state index in [-0.39, 0.29) is 5.41 Å². The first-order valence-corrected chi connectivity index (χ1v) is 4.82. The molecule has 13 heavy (non-hydrogen) atoms. The minimum absolute atomic E-state index is 0.233. The smallest absolute Gasteiger partial charge is 0.142 e. The number of nitriles is 1. The maximum Gasteiger partial charge on any atom is 0.142 e. The number of nitrogens with zero attached hydrogens (tertiary/aromatic N) is 1. The summed E-state index contributed by atoms with van der Waals surface area (Å²) in [6.45, 7) is 0.553. The minimum atomic E-state index is -0.734. The summed E-state index contributed by atoms with van der Waals surface area (Å²) >= 11 is 6.29. The van der Waals surface area contributed by atoms with E-state index in [2.05, 4.69) is 18.2 Å². The van der Waals surface area contributed by atoms with Gasteiger partial charge in [-0.15, -0.1) is 11.6 Å². The van der Waals surface area contributed by atoms with Gasteiger partial charge in [0.15, 0.2) is 0 Å². The van der Waals surface area contributed by atoms with E-state index in [4.69, 9.17) is 21.6 Å². The zero-order valence-corrected chi connectivity index (χ0v) is 8.34. The van der Waals surface area contributed by atoms with Crippen molar-refractivity contribution in [2.45, 2.75) is 17.7 Å². The van der Waals surface area contributed by atoms with Gasteiger partial charge in [-0.05, 0) is 18.8 Å². The molecule has 0 saturated heterocycles. The second-order valence-electron chi connectivity index (χ2n) is 4.03. The molecule has 1 saturated carbocycles. The van der Waals surface area contributed by atoms with Crippen LogP contribution in [-0.4, -0.2) is 18.6 Å². The van der Waals surface area contributed by atoms with Gasteiger partial charge in [-0.25, -0.2) is 0 Å². The first kappa shape index (κ1) is 9.05. The largest absolute Gasteiger partial charge is 0.384 e. The average molecular weight is 198 g/mol. The van der Waals surface area contributed by atoms with Crippen molar-refractivity contribution < 1.29 is 4.74 Å². The highest BCUT2D eigenvalue weighted by atomic mass is 35.5. The zero-order valence-electron chi connectivity index (χ0n) is 7.59. The fraction of sp³-hybridized carbons (Fsp3) is 0.700. The first-order valence-electron chi connectivity index (χ1n) is 4.44. The summed E-state index contributed by atoms with van der Waals surface area (Å²) in [5.74, 6) is 0.479. The van der Waals surface area contributed by atoms with E-state index in [1.807, 2.05) is 0 Å².